The molecule has 0 aromatic heterocycles. The average Bonchev–Trinajstić information content (AvgIpc) is 2.67. The van der Waals surface area contributed by atoms with Gasteiger partial charge in [0.15, 0.2) is 11.6 Å². The number of fused-ring (bicyclic) bond motifs is 5. The van der Waals surface area contributed by atoms with Crippen LogP contribution >= 0.6 is 22.6 Å². The predicted molar refractivity (Wildman–Crippen MR) is 92.7 cm³/mol. The van der Waals surface area contributed by atoms with Crippen LogP contribution in [0.2, 0.25) is 0 Å². The van der Waals surface area contributed by atoms with Crippen LogP contribution in [0.4, 0.5) is 8.78 Å². The number of nitrogens with zero attached hydrogens (tertiary/aromatic N) is 1. The van der Waals surface area contributed by atoms with Crippen molar-refractivity contribution < 1.29 is 13.5 Å². The highest BCUT2D eigenvalue weighted by atomic mass is 127. The number of benzene rings is 2. The smallest absolute Gasteiger partial charge is 0.164 e. The number of alkyl halides is 1. The standard InChI is InChI=1S/C18H16F2INO/c1-22-8-9-23-18-11-5-3-2-4-10(11)16(21)12-6-7-13(19)15(20)14(12)17(18)22/h2-7,16-18H,8-9H2,1H3. The molecule has 0 saturated carbocycles. The van der Waals surface area contributed by atoms with E-state index >= 15 is 0 Å². The zero-order valence-corrected chi connectivity index (χ0v) is 14.8. The van der Waals surface area contributed by atoms with E-state index in [0.717, 1.165) is 16.7 Å². The molecule has 23 heavy (non-hydrogen) atoms. The first kappa shape index (κ1) is 15.5. The van der Waals surface area contributed by atoms with Crippen molar-refractivity contribution in [3.05, 3.63) is 70.3 Å². The van der Waals surface area contributed by atoms with Crippen molar-refractivity contribution in [1.29, 1.82) is 0 Å². The van der Waals surface area contributed by atoms with Gasteiger partial charge in [-0.1, -0.05) is 52.9 Å². The number of hydrogen-bond donors (Lipinski definition) is 0. The van der Waals surface area contributed by atoms with Crippen molar-refractivity contribution in [2.75, 3.05) is 20.2 Å². The van der Waals surface area contributed by atoms with Crippen molar-refractivity contribution in [2.45, 2.75) is 16.1 Å². The SMILES string of the molecule is CN1CCOC2c3ccccc3C(I)c3ccc(F)c(F)c3C21. The Balaban J connectivity index is 2.04. The molecule has 3 atom stereocenters. The van der Waals surface area contributed by atoms with Gasteiger partial charge in [0.2, 0.25) is 0 Å². The normalized spacial score (nSPS) is 26.9. The van der Waals surface area contributed by atoms with Crippen LogP contribution in [-0.2, 0) is 4.74 Å². The van der Waals surface area contributed by atoms with Crippen molar-refractivity contribution >= 4 is 22.6 Å². The molecule has 3 unspecified atom stereocenters. The maximum Gasteiger partial charge on any atom is 0.164 e. The van der Waals surface area contributed by atoms with E-state index in [0.29, 0.717) is 18.7 Å². The Bertz CT molecular complexity index is 767. The Labute approximate surface area is 147 Å². The van der Waals surface area contributed by atoms with Crippen molar-refractivity contribution in [2.24, 2.45) is 0 Å². The largest absolute Gasteiger partial charge is 0.370 e. The van der Waals surface area contributed by atoms with Gasteiger partial charge in [-0.3, -0.25) is 4.90 Å². The van der Waals surface area contributed by atoms with Gasteiger partial charge >= 0.3 is 0 Å². The van der Waals surface area contributed by atoms with Crippen LogP contribution in [0.3, 0.4) is 0 Å². The van der Waals surface area contributed by atoms with Crippen molar-refractivity contribution in [3.8, 4) is 0 Å². The molecule has 1 aliphatic heterocycles. The summed E-state index contributed by atoms with van der Waals surface area (Å²) in [5.74, 6) is -1.54. The molecule has 5 heteroatoms. The summed E-state index contributed by atoms with van der Waals surface area (Å²) in [5, 5.41) is 0. The number of ether oxygens (including phenoxy) is 1. The van der Waals surface area contributed by atoms with E-state index in [2.05, 4.69) is 33.6 Å². The zero-order valence-electron chi connectivity index (χ0n) is 12.6. The molecule has 2 nitrogen and oxygen atoms in total. The van der Waals surface area contributed by atoms with E-state index in [4.69, 9.17) is 4.74 Å². The number of halogens is 3. The molecule has 1 heterocycles. The van der Waals surface area contributed by atoms with Gasteiger partial charge in [0, 0.05) is 12.1 Å². The second-order valence-corrected chi connectivity index (χ2v) is 7.32. The lowest BCUT2D eigenvalue weighted by atomic mass is 9.92. The Kier molecular flexibility index (Phi) is 3.90. The highest BCUT2D eigenvalue weighted by Gasteiger charge is 2.41. The van der Waals surface area contributed by atoms with E-state index in [1.165, 1.54) is 6.07 Å². The summed E-state index contributed by atoms with van der Waals surface area (Å²) in [4.78, 5) is 2.07. The number of hydrogen-bond acceptors (Lipinski definition) is 2. The van der Waals surface area contributed by atoms with Gasteiger partial charge in [-0.2, -0.15) is 0 Å². The fourth-order valence-electron chi connectivity index (χ4n) is 3.69. The third-order valence-electron chi connectivity index (χ3n) is 4.81. The Morgan fingerprint density at radius 2 is 1.83 bits per heavy atom. The molecule has 0 bridgehead atoms. The molecule has 2 aromatic rings. The van der Waals surface area contributed by atoms with Gasteiger partial charge in [0.25, 0.3) is 0 Å². The summed E-state index contributed by atoms with van der Waals surface area (Å²) in [6.45, 7) is 1.29. The monoisotopic (exact) mass is 427 g/mol. The lowest BCUT2D eigenvalue weighted by molar-refractivity contribution is -0.0662. The molecule has 0 amide bonds. The maximum atomic E-state index is 14.7. The lowest BCUT2D eigenvalue weighted by Crippen LogP contribution is -2.39. The van der Waals surface area contributed by atoms with E-state index in [1.54, 1.807) is 6.07 Å². The first-order valence-electron chi connectivity index (χ1n) is 7.62. The molecule has 1 fully saturated rings. The molecule has 2 aromatic carbocycles. The van der Waals surface area contributed by atoms with Gasteiger partial charge in [-0.15, -0.1) is 0 Å². The average molecular weight is 427 g/mol. The second-order valence-electron chi connectivity index (χ2n) is 6.07. The quantitative estimate of drug-likeness (QED) is 0.452. The van der Waals surface area contributed by atoms with Gasteiger partial charge in [0.05, 0.1) is 16.6 Å². The highest BCUT2D eigenvalue weighted by Crippen LogP contribution is 2.51. The lowest BCUT2D eigenvalue weighted by Gasteiger charge is -2.39. The summed E-state index contributed by atoms with van der Waals surface area (Å²) in [5.41, 5.74) is 3.46. The van der Waals surface area contributed by atoms with Crippen molar-refractivity contribution in [3.63, 3.8) is 0 Å². The van der Waals surface area contributed by atoms with Crippen LogP contribution in [0, 0.1) is 11.6 Å². The fraction of sp³-hybridized carbons (Fsp3) is 0.333. The molecular weight excluding hydrogens is 411 g/mol. The van der Waals surface area contributed by atoms with E-state index in [1.807, 2.05) is 25.2 Å². The first-order valence-corrected chi connectivity index (χ1v) is 8.86. The summed E-state index contributed by atoms with van der Waals surface area (Å²) in [6, 6.07) is 10.7. The first-order chi connectivity index (χ1) is 11.1. The number of rotatable bonds is 0. The Hall–Kier alpha value is -1.05. The van der Waals surface area contributed by atoms with E-state index in [-0.39, 0.29) is 16.1 Å². The molecule has 2 aliphatic rings. The Morgan fingerprint density at radius 1 is 1.09 bits per heavy atom. The van der Waals surface area contributed by atoms with Crippen LogP contribution in [0.1, 0.15) is 38.3 Å². The minimum Gasteiger partial charge on any atom is -0.370 e. The minimum absolute atomic E-state index is 0.0310. The van der Waals surface area contributed by atoms with Gasteiger partial charge in [-0.05, 0) is 29.8 Å². The molecule has 120 valence electrons. The summed E-state index contributed by atoms with van der Waals surface area (Å²) in [6.07, 6.45) is -0.278. The topological polar surface area (TPSA) is 12.5 Å². The van der Waals surface area contributed by atoms with Gasteiger partial charge in [-0.25, -0.2) is 8.78 Å². The summed E-state index contributed by atoms with van der Waals surface area (Å²) < 4.78 is 34.7. The highest BCUT2D eigenvalue weighted by molar-refractivity contribution is 14.1. The molecule has 1 aliphatic carbocycles. The molecule has 0 N–H and O–H groups in total. The van der Waals surface area contributed by atoms with Gasteiger partial charge < -0.3 is 4.74 Å². The second kappa shape index (κ2) is 5.79. The van der Waals surface area contributed by atoms with Crippen LogP contribution < -0.4 is 0 Å². The number of likely N-dealkylation sites (N-methyl/N-ethyl adjacent to an activating group) is 1. The molecule has 1 saturated heterocycles. The van der Waals surface area contributed by atoms with Crippen molar-refractivity contribution in [1.82, 2.24) is 4.90 Å². The predicted octanol–water partition coefficient (Wildman–Crippen LogP) is 4.55. The molecular formula is C18H16F2INO. The fourth-order valence-corrected chi connectivity index (χ4v) is 4.80. The van der Waals surface area contributed by atoms with E-state index in [9.17, 15) is 8.78 Å². The Morgan fingerprint density at radius 3 is 2.61 bits per heavy atom. The van der Waals surface area contributed by atoms with Gasteiger partial charge in [0.1, 0.15) is 6.10 Å². The summed E-state index contributed by atoms with van der Waals surface area (Å²) >= 11 is 2.31. The van der Waals surface area contributed by atoms with E-state index < -0.39 is 11.6 Å². The maximum absolute atomic E-state index is 14.7. The third kappa shape index (κ3) is 2.32. The molecule has 0 spiro atoms. The zero-order chi connectivity index (χ0) is 16.1. The van der Waals surface area contributed by atoms with Crippen LogP contribution in [0.15, 0.2) is 36.4 Å². The molecule has 4 rings (SSSR count). The third-order valence-corrected chi connectivity index (χ3v) is 6.16. The van der Waals surface area contributed by atoms with Crippen LogP contribution in [0.25, 0.3) is 0 Å². The van der Waals surface area contributed by atoms with Crippen LogP contribution in [0.5, 0.6) is 0 Å². The van der Waals surface area contributed by atoms with Crippen LogP contribution in [-0.4, -0.2) is 25.1 Å². The minimum atomic E-state index is -0.795. The molecule has 0 radical (unpaired) electrons. The number of morpholine rings is 1. The summed E-state index contributed by atoms with van der Waals surface area (Å²) in [7, 11) is 1.95.